The zero-order valence-electron chi connectivity index (χ0n) is 5.72. The first-order valence-corrected chi connectivity index (χ1v) is 3.53. The predicted octanol–water partition coefficient (Wildman–Crippen LogP) is 1.98. The highest BCUT2D eigenvalue weighted by atomic mass is 14.0. The fourth-order valence-electron chi connectivity index (χ4n) is 1.22. The molecule has 0 saturated heterocycles. The third-order valence-corrected chi connectivity index (χ3v) is 1.76. The fraction of sp³-hybridized carbons (Fsp3) is 0.200. The zero-order chi connectivity index (χ0) is 6.81. The molecule has 0 bridgehead atoms. The highest BCUT2D eigenvalue weighted by Gasteiger charge is 2.00. The Hall–Kier alpha value is -1.22. The van der Waals surface area contributed by atoms with E-state index in [9.17, 15) is 0 Å². The van der Waals surface area contributed by atoms with Crippen LogP contribution in [0.5, 0.6) is 0 Å². The minimum absolute atomic E-state index is 1.02. The van der Waals surface area contributed by atoms with Gasteiger partial charge in [0.05, 0.1) is 0 Å². The molecule has 10 heavy (non-hydrogen) atoms. The van der Waals surface area contributed by atoms with Gasteiger partial charge >= 0.3 is 0 Å². The molecule has 0 spiro atoms. The van der Waals surface area contributed by atoms with Crippen molar-refractivity contribution < 1.29 is 0 Å². The van der Waals surface area contributed by atoms with Gasteiger partial charge in [-0.3, -0.25) is 0 Å². The molecule has 2 rings (SSSR count). The highest BCUT2D eigenvalue weighted by molar-refractivity contribution is 5.43. The van der Waals surface area contributed by atoms with Crippen molar-refractivity contribution in [1.29, 1.82) is 0 Å². The Bertz CT molecular complexity index is 299. The van der Waals surface area contributed by atoms with Gasteiger partial charge in [0.2, 0.25) is 0 Å². The van der Waals surface area contributed by atoms with Crippen molar-refractivity contribution in [1.82, 2.24) is 0 Å². The van der Waals surface area contributed by atoms with Crippen molar-refractivity contribution in [3.8, 4) is 11.8 Å². The topological polar surface area (TPSA) is 0 Å². The summed E-state index contributed by atoms with van der Waals surface area (Å²) in [6.45, 7) is 0. The van der Waals surface area contributed by atoms with Gasteiger partial charge in [0.25, 0.3) is 0 Å². The minimum atomic E-state index is 1.02. The molecule has 0 nitrogen and oxygen atoms in total. The van der Waals surface area contributed by atoms with Crippen molar-refractivity contribution in [3.63, 3.8) is 0 Å². The Balaban J connectivity index is 2.60. The van der Waals surface area contributed by atoms with Crippen molar-refractivity contribution in [2.75, 3.05) is 0 Å². The largest absolute Gasteiger partial charge is 0.0975 e. The van der Waals surface area contributed by atoms with Gasteiger partial charge in [0, 0.05) is 12.0 Å². The van der Waals surface area contributed by atoms with Gasteiger partial charge in [-0.2, -0.15) is 0 Å². The standard InChI is InChI=1S/C10H8/c1-2-6-10-8-4-3-7-9(10)5-1/h1-2,5-6H,3,7H2. The molecule has 0 radical (unpaired) electrons. The van der Waals surface area contributed by atoms with E-state index in [0.717, 1.165) is 12.8 Å². The summed E-state index contributed by atoms with van der Waals surface area (Å²) in [7, 11) is 0. The summed E-state index contributed by atoms with van der Waals surface area (Å²) in [5, 5.41) is 0. The van der Waals surface area contributed by atoms with Gasteiger partial charge in [-0.1, -0.05) is 30.0 Å². The van der Waals surface area contributed by atoms with E-state index in [1.54, 1.807) is 0 Å². The van der Waals surface area contributed by atoms with Crippen LogP contribution >= 0.6 is 0 Å². The summed E-state index contributed by atoms with van der Waals surface area (Å²) in [4.78, 5) is 0. The first-order valence-electron chi connectivity index (χ1n) is 3.53. The van der Waals surface area contributed by atoms with E-state index in [0.29, 0.717) is 0 Å². The minimum Gasteiger partial charge on any atom is -0.0975 e. The van der Waals surface area contributed by atoms with Crippen LogP contribution in [0.1, 0.15) is 17.5 Å². The number of hydrogen-bond donors (Lipinski definition) is 0. The van der Waals surface area contributed by atoms with Crippen LogP contribution < -0.4 is 0 Å². The van der Waals surface area contributed by atoms with E-state index in [2.05, 4.69) is 30.0 Å². The fourth-order valence-corrected chi connectivity index (χ4v) is 1.22. The summed E-state index contributed by atoms with van der Waals surface area (Å²) >= 11 is 0. The SMILES string of the molecule is C1#Cc2ccccc2CC1. The molecule has 1 aromatic carbocycles. The lowest BCUT2D eigenvalue weighted by Crippen LogP contribution is -1.92. The van der Waals surface area contributed by atoms with Crippen LogP contribution in [0.15, 0.2) is 24.3 Å². The van der Waals surface area contributed by atoms with Gasteiger partial charge < -0.3 is 0 Å². The molecule has 48 valence electrons. The molecule has 1 aromatic rings. The second-order valence-corrected chi connectivity index (χ2v) is 2.46. The number of rotatable bonds is 0. The van der Waals surface area contributed by atoms with Gasteiger partial charge in [-0.15, -0.1) is 0 Å². The third kappa shape index (κ3) is 0.804. The summed E-state index contributed by atoms with van der Waals surface area (Å²) < 4.78 is 0. The summed E-state index contributed by atoms with van der Waals surface area (Å²) in [5.41, 5.74) is 2.62. The van der Waals surface area contributed by atoms with Crippen LogP contribution in [0.25, 0.3) is 0 Å². The maximum absolute atomic E-state index is 3.11. The smallest absolute Gasteiger partial charge is 0.0277 e. The van der Waals surface area contributed by atoms with E-state index in [1.807, 2.05) is 6.07 Å². The second-order valence-electron chi connectivity index (χ2n) is 2.46. The molecule has 0 unspecified atom stereocenters. The monoisotopic (exact) mass is 128 g/mol. The first kappa shape index (κ1) is 5.56. The quantitative estimate of drug-likeness (QED) is 0.469. The van der Waals surface area contributed by atoms with E-state index < -0.39 is 0 Å². The van der Waals surface area contributed by atoms with Gasteiger partial charge in [0.15, 0.2) is 0 Å². The van der Waals surface area contributed by atoms with E-state index in [1.165, 1.54) is 11.1 Å². The summed E-state index contributed by atoms with van der Waals surface area (Å²) in [5.74, 6) is 6.20. The van der Waals surface area contributed by atoms with Gasteiger partial charge in [0.1, 0.15) is 0 Å². The molecule has 0 aromatic heterocycles. The van der Waals surface area contributed by atoms with E-state index in [-0.39, 0.29) is 0 Å². The summed E-state index contributed by atoms with van der Waals surface area (Å²) in [6, 6.07) is 8.36. The molecule has 0 saturated carbocycles. The molecule has 0 heterocycles. The van der Waals surface area contributed by atoms with Crippen LogP contribution in [0.3, 0.4) is 0 Å². The maximum Gasteiger partial charge on any atom is 0.0277 e. The first-order chi connectivity index (χ1) is 4.97. The number of hydrogen-bond acceptors (Lipinski definition) is 0. The van der Waals surface area contributed by atoms with Crippen molar-refractivity contribution in [2.45, 2.75) is 12.8 Å². The Morgan fingerprint density at radius 3 is 3.00 bits per heavy atom. The Morgan fingerprint density at radius 1 is 1.20 bits per heavy atom. The molecular weight excluding hydrogens is 120 g/mol. The average Bonchev–Trinajstić information content (AvgIpc) is 2.05. The molecule has 0 heteroatoms. The number of aryl methyl sites for hydroxylation is 1. The average molecular weight is 128 g/mol. The zero-order valence-corrected chi connectivity index (χ0v) is 5.72. The van der Waals surface area contributed by atoms with Crippen molar-refractivity contribution in [3.05, 3.63) is 35.4 Å². The van der Waals surface area contributed by atoms with Crippen LogP contribution in [0.4, 0.5) is 0 Å². The Kier molecular flexibility index (Phi) is 1.22. The van der Waals surface area contributed by atoms with Gasteiger partial charge in [-0.25, -0.2) is 0 Å². The van der Waals surface area contributed by atoms with Crippen LogP contribution in [0.2, 0.25) is 0 Å². The molecule has 0 N–H and O–H groups in total. The Morgan fingerprint density at radius 2 is 2.10 bits per heavy atom. The molecule has 1 aliphatic rings. The third-order valence-electron chi connectivity index (χ3n) is 1.76. The molecular formula is C10H8. The molecule has 0 atom stereocenters. The van der Waals surface area contributed by atoms with Crippen LogP contribution in [-0.2, 0) is 6.42 Å². The number of benzene rings is 1. The van der Waals surface area contributed by atoms with Crippen LogP contribution in [0, 0.1) is 11.8 Å². The van der Waals surface area contributed by atoms with Crippen molar-refractivity contribution >= 4 is 0 Å². The lowest BCUT2D eigenvalue weighted by Gasteiger charge is -2.04. The molecule has 0 amide bonds. The Labute approximate surface area is 60.9 Å². The normalized spacial score (nSPS) is 13.2. The maximum atomic E-state index is 3.11. The highest BCUT2D eigenvalue weighted by Crippen LogP contribution is 2.12. The molecule has 0 aliphatic heterocycles. The van der Waals surface area contributed by atoms with E-state index in [4.69, 9.17) is 0 Å². The molecule has 0 fully saturated rings. The van der Waals surface area contributed by atoms with Gasteiger partial charge in [-0.05, 0) is 18.1 Å². The number of fused-ring (bicyclic) bond motifs is 1. The van der Waals surface area contributed by atoms with E-state index >= 15 is 0 Å². The summed E-state index contributed by atoms with van der Waals surface area (Å²) in [6.07, 6.45) is 2.15. The van der Waals surface area contributed by atoms with Crippen LogP contribution in [-0.4, -0.2) is 0 Å². The lowest BCUT2D eigenvalue weighted by molar-refractivity contribution is 1.01. The molecule has 1 aliphatic carbocycles. The second kappa shape index (κ2) is 2.19. The lowest BCUT2D eigenvalue weighted by atomic mass is 10.00. The predicted molar refractivity (Wildman–Crippen MR) is 41.6 cm³/mol. The van der Waals surface area contributed by atoms with Crippen molar-refractivity contribution in [2.24, 2.45) is 0 Å².